The van der Waals surface area contributed by atoms with Crippen LogP contribution in [0.4, 0.5) is 5.69 Å². The van der Waals surface area contributed by atoms with Gasteiger partial charge in [0.05, 0.1) is 4.90 Å². The summed E-state index contributed by atoms with van der Waals surface area (Å²) in [5.41, 5.74) is 6.15. The van der Waals surface area contributed by atoms with Crippen LogP contribution in [-0.4, -0.2) is 14.5 Å². The average Bonchev–Trinajstić information content (AvgIpc) is 2.19. The first kappa shape index (κ1) is 15.5. The van der Waals surface area contributed by atoms with E-state index in [9.17, 15) is 8.42 Å². The minimum Gasteiger partial charge on any atom is -0.398 e. The molecular formula is C12H19BrN2O2S. The van der Waals surface area contributed by atoms with Crippen molar-refractivity contribution in [3.63, 3.8) is 0 Å². The molecule has 0 heterocycles. The van der Waals surface area contributed by atoms with Gasteiger partial charge in [0.15, 0.2) is 0 Å². The molecule has 4 nitrogen and oxygen atoms in total. The fraction of sp³-hybridized carbons (Fsp3) is 0.500. The summed E-state index contributed by atoms with van der Waals surface area (Å²) in [6.45, 7) is 5.99. The Hall–Kier alpha value is -0.590. The van der Waals surface area contributed by atoms with Crippen LogP contribution in [-0.2, 0) is 10.0 Å². The highest BCUT2D eigenvalue weighted by molar-refractivity contribution is 9.10. The van der Waals surface area contributed by atoms with Crippen molar-refractivity contribution in [3.8, 4) is 0 Å². The van der Waals surface area contributed by atoms with Crippen molar-refractivity contribution in [2.45, 2.75) is 38.1 Å². The van der Waals surface area contributed by atoms with Crippen LogP contribution < -0.4 is 10.5 Å². The Bertz CT molecular complexity index is 515. The van der Waals surface area contributed by atoms with Gasteiger partial charge in [-0.05, 0) is 53.4 Å². The average molecular weight is 335 g/mol. The van der Waals surface area contributed by atoms with E-state index >= 15 is 0 Å². The molecule has 1 atom stereocenters. The molecule has 1 rings (SSSR count). The number of hydrogen-bond acceptors (Lipinski definition) is 3. The highest BCUT2D eigenvalue weighted by atomic mass is 79.9. The Morgan fingerprint density at radius 2 is 1.94 bits per heavy atom. The van der Waals surface area contributed by atoms with E-state index in [2.05, 4.69) is 34.5 Å². The van der Waals surface area contributed by atoms with Crippen molar-refractivity contribution in [3.05, 3.63) is 22.7 Å². The minimum atomic E-state index is -3.48. The first-order chi connectivity index (χ1) is 8.22. The summed E-state index contributed by atoms with van der Waals surface area (Å²) < 4.78 is 27.5. The van der Waals surface area contributed by atoms with Crippen molar-refractivity contribution in [2.75, 3.05) is 5.73 Å². The summed E-state index contributed by atoms with van der Waals surface area (Å²) in [5.74, 6) is 0.445. The van der Waals surface area contributed by atoms with Crippen LogP contribution in [0.2, 0.25) is 0 Å². The van der Waals surface area contributed by atoms with Crippen molar-refractivity contribution in [1.29, 1.82) is 0 Å². The maximum absolute atomic E-state index is 12.1. The van der Waals surface area contributed by atoms with Gasteiger partial charge >= 0.3 is 0 Å². The number of anilines is 1. The normalized spacial score (nSPS) is 13.8. The second-order valence-electron chi connectivity index (χ2n) is 4.84. The molecule has 1 unspecified atom stereocenters. The van der Waals surface area contributed by atoms with E-state index in [4.69, 9.17) is 5.73 Å². The summed E-state index contributed by atoms with van der Waals surface area (Å²) in [6, 6.07) is 4.50. The number of hydrogen-bond donors (Lipinski definition) is 2. The molecule has 0 fully saturated rings. The highest BCUT2D eigenvalue weighted by Crippen LogP contribution is 2.23. The second kappa shape index (κ2) is 6.04. The van der Waals surface area contributed by atoms with Crippen molar-refractivity contribution < 1.29 is 8.42 Å². The molecule has 0 radical (unpaired) electrons. The molecule has 0 aliphatic rings. The molecule has 0 bridgehead atoms. The zero-order chi connectivity index (χ0) is 13.9. The number of nitrogen functional groups attached to an aromatic ring is 1. The quantitative estimate of drug-likeness (QED) is 0.813. The van der Waals surface area contributed by atoms with E-state index in [1.807, 2.05) is 6.92 Å². The summed E-state index contributed by atoms with van der Waals surface area (Å²) in [7, 11) is -3.48. The van der Waals surface area contributed by atoms with E-state index < -0.39 is 10.0 Å². The molecular weight excluding hydrogens is 316 g/mol. The summed E-state index contributed by atoms with van der Waals surface area (Å²) >= 11 is 3.23. The molecule has 0 saturated carbocycles. The van der Waals surface area contributed by atoms with E-state index in [0.717, 1.165) is 6.42 Å². The molecule has 3 N–H and O–H groups in total. The number of nitrogens with one attached hydrogen (secondary N) is 1. The van der Waals surface area contributed by atoms with Crippen LogP contribution >= 0.6 is 15.9 Å². The molecule has 0 saturated heterocycles. The fourth-order valence-electron chi connectivity index (χ4n) is 1.76. The summed E-state index contributed by atoms with van der Waals surface area (Å²) in [5, 5.41) is 0. The molecule has 102 valence electrons. The molecule has 0 aliphatic heterocycles. The van der Waals surface area contributed by atoms with E-state index in [1.54, 1.807) is 6.07 Å². The van der Waals surface area contributed by atoms with Crippen LogP contribution in [0.25, 0.3) is 0 Å². The topological polar surface area (TPSA) is 72.2 Å². The largest absolute Gasteiger partial charge is 0.398 e. The molecule has 1 aromatic rings. The predicted octanol–water partition coefficient (Wildman–Crippen LogP) is 2.74. The third kappa shape index (κ3) is 4.26. The highest BCUT2D eigenvalue weighted by Gasteiger charge is 2.18. The molecule has 0 amide bonds. The van der Waals surface area contributed by atoms with Crippen LogP contribution in [0.15, 0.2) is 27.6 Å². The Balaban J connectivity index is 2.89. The molecule has 6 heteroatoms. The van der Waals surface area contributed by atoms with Gasteiger partial charge in [0.25, 0.3) is 0 Å². The van der Waals surface area contributed by atoms with Crippen molar-refractivity contribution >= 4 is 31.6 Å². The molecule has 18 heavy (non-hydrogen) atoms. The van der Waals surface area contributed by atoms with Gasteiger partial charge in [0, 0.05) is 16.2 Å². The minimum absolute atomic E-state index is 0.0914. The molecule has 0 aliphatic carbocycles. The van der Waals surface area contributed by atoms with Crippen molar-refractivity contribution in [1.82, 2.24) is 4.72 Å². The monoisotopic (exact) mass is 334 g/mol. The Morgan fingerprint density at radius 3 is 2.44 bits per heavy atom. The van der Waals surface area contributed by atoms with Gasteiger partial charge in [-0.2, -0.15) is 0 Å². The molecule has 0 spiro atoms. The van der Waals surface area contributed by atoms with Crippen molar-refractivity contribution in [2.24, 2.45) is 5.92 Å². The number of nitrogens with two attached hydrogens (primary N) is 1. The van der Waals surface area contributed by atoms with Crippen LogP contribution in [0.1, 0.15) is 27.2 Å². The lowest BCUT2D eigenvalue weighted by atomic mass is 10.1. The number of benzene rings is 1. The lowest BCUT2D eigenvalue weighted by Gasteiger charge is -2.16. The number of halogens is 1. The standard InChI is InChI=1S/C12H19BrN2O2S/c1-8(2)6-9(3)15-18(16,17)10-4-5-12(14)11(13)7-10/h4-5,7-9,15H,6,14H2,1-3H3. The van der Waals surface area contributed by atoms with Gasteiger partial charge in [-0.15, -0.1) is 0 Å². The smallest absolute Gasteiger partial charge is 0.240 e. The number of rotatable bonds is 5. The van der Waals surface area contributed by atoms with Gasteiger partial charge < -0.3 is 5.73 Å². The Morgan fingerprint density at radius 1 is 1.33 bits per heavy atom. The summed E-state index contributed by atoms with van der Waals surface area (Å²) in [4.78, 5) is 0.221. The van der Waals surface area contributed by atoms with Crippen LogP contribution in [0, 0.1) is 5.92 Å². The third-order valence-corrected chi connectivity index (χ3v) is 4.74. The van der Waals surface area contributed by atoms with Crippen LogP contribution in [0.5, 0.6) is 0 Å². The first-order valence-electron chi connectivity index (χ1n) is 5.79. The van der Waals surface area contributed by atoms with E-state index in [0.29, 0.717) is 16.1 Å². The summed E-state index contributed by atoms with van der Waals surface area (Å²) in [6.07, 6.45) is 0.801. The number of sulfonamides is 1. The SMILES string of the molecule is CC(C)CC(C)NS(=O)(=O)c1ccc(N)c(Br)c1. The maximum atomic E-state index is 12.1. The first-order valence-corrected chi connectivity index (χ1v) is 8.07. The van der Waals surface area contributed by atoms with Gasteiger partial charge in [-0.1, -0.05) is 13.8 Å². The molecule has 0 aromatic heterocycles. The van der Waals surface area contributed by atoms with Gasteiger partial charge in [0.1, 0.15) is 0 Å². The van der Waals surface area contributed by atoms with Gasteiger partial charge in [-0.25, -0.2) is 13.1 Å². The van der Waals surface area contributed by atoms with Gasteiger partial charge in [-0.3, -0.25) is 0 Å². The lowest BCUT2D eigenvalue weighted by Crippen LogP contribution is -2.33. The second-order valence-corrected chi connectivity index (χ2v) is 7.40. The van der Waals surface area contributed by atoms with Crippen LogP contribution in [0.3, 0.4) is 0 Å². The zero-order valence-corrected chi connectivity index (χ0v) is 13.2. The maximum Gasteiger partial charge on any atom is 0.240 e. The third-order valence-electron chi connectivity index (χ3n) is 2.46. The zero-order valence-electron chi connectivity index (χ0n) is 10.8. The fourth-order valence-corrected chi connectivity index (χ4v) is 3.58. The van der Waals surface area contributed by atoms with E-state index in [1.165, 1.54) is 12.1 Å². The lowest BCUT2D eigenvalue weighted by molar-refractivity contribution is 0.482. The molecule has 1 aromatic carbocycles. The van der Waals surface area contributed by atoms with Gasteiger partial charge in [0.2, 0.25) is 10.0 Å². The Labute approximate surface area is 117 Å². The predicted molar refractivity (Wildman–Crippen MR) is 77.8 cm³/mol. The van der Waals surface area contributed by atoms with E-state index in [-0.39, 0.29) is 10.9 Å². The Kier molecular flexibility index (Phi) is 5.19.